The van der Waals surface area contributed by atoms with E-state index in [1.807, 2.05) is 6.92 Å². The number of hydrogen-bond acceptors (Lipinski definition) is 4. The van der Waals surface area contributed by atoms with Gasteiger partial charge in [0, 0.05) is 4.88 Å². The Morgan fingerprint density at radius 2 is 2.00 bits per heavy atom. The first-order chi connectivity index (χ1) is 8.47. The Morgan fingerprint density at radius 3 is 2.50 bits per heavy atom. The number of hydrogen-bond donors (Lipinski definition) is 1. The number of thiophene rings is 1. The predicted octanol–water partition coefficient (Wildman–Crippen LogP) is 2.56. The average Bonchev–Trinajstić information content (AvgIpc) is 2.77. The largest absolute Gasteiger partial charge is 0.251 e. The van der Waals surface area contributed by atoms with E-state index < -0.39 is 15.6 Å². The van der Waals surface area contributed by atoms with Gasteiger partial charge in [-0.1, -0.05) is 19.3 Å². The van der Waals surface area contributed by atoms with Crippen molar-refractivity contribution in [3.63, 3.8) is 0 Å². The molecule has 1 aliphatic carbocycles. The summed E-state index contributed by atoms with van der Waals surface area (Å²) in [5, 5.41) is 9.28. The maximum absolute atomic E-state index is 12.2. The van der Waals surface area contributed by atoms with Crippen molar-refractivity contribution in [2.45, 2.75) is 48.8 Å². The van der Waals surface area contributed by atoms with Crippen molar-refractivity contribution in [1.82, 2.24) is 4.72 Å². The number of aryl methyl sites for hydroxylation is 1. The summed E-state index contributed by atoms with van der Waals surface area (Å²) >= 11 is 1.23. The highest BCUT2D eigenvalue weighted by molar-refractivity contribution is 7.91. The molecule has 1 aliphatic rings. The highest BCUT2D eigenvalue weighted by Gasteiger charge is 2.37. The van der Waals surface area contributed by atoms with Crippen molar-refractivity contribution in [3.8, 4) is 6.07 Å². The number of sulfonamides is 1. The predicted molar refractivity (Wildman–Crippen MR) is 70.8 cm³/mol. The summed E-state index contributed by atoms with van der Waals surface area (Å²) in [4.78, 5) is 0.949. The van der Waals surface area contributed by atoms with Gasteiger partial charge < -0.3 is 0 Å². The molecule has 1 N–H and O–H groups in total. The molecule has 0 aromatic carbocycles. The van der Waals surface area contributed by atoms with E-state index in [4.69, 9.17) is 0 Å². The van der Waals surface area contributed by atoms with Crippen molar-refractivity contribution < 1.29 is 8.42 Å². The smallest absolute Gasteiger partial charge is 0.206 e. The van der Waals surface area contributed by atoms with E-state index in [0.717, 1.165) is 24.1 Å². The third kappa shape index (κ3) is 2.74. The van der Waals surface area contributed by atoms with Crippen LogP contribution in [0.5, 0.6) is 0 Å². The van der Waals surface area contributed by atoms with Crippen molar-refractivity contribution in [2.75, 3.05) is 0 Å². The Hall–Kier alpha value is -0.900. The van der Waals surface area contributed by atoms with E-state index in [1.165, 1.54) is 11.3 Å². The minimum atomic E-state index is -3.56. The van der Waals surface area contributed by atoms with Crippen LogP contribution in [0.1, 0.15) is 37.0 Å². The lowest BCUT2D eigenvalue weighted by Gasteiger charge is -2.30. The lowest BCUT2D eigenvalue weighted by Crippen LogP contribution is -2.48. The minimum Gasteiger partial charge on any atom is -0.206 e. The second-order valence-corrected chi connectivity index (χ2v) is 7.92. The molecule has 4 nitrogen and oxygen atoms in total. The van der Waals surface area contributed by atoms with Gasteiger partial charge in [-0.2, -0.15) is 9.98 Å². The highest BCUT2D eigenvalue weighted by atomic mass is 32.2. The molecule has 0 aliphatic heterocycles. The van der Waals surface area contributed by atoms with Gasteiger partial charge in [0.25, 0.3) is 10.0 Å². The van der Waals surface area contributed by atoms with Crippen LogP contribution < -0.4 is 4.72 Å². The number of nitrogens with one attached hydrogen (secondary N) is 1. The van der Waals surface area contributed by atoms with Crippen molar-refractivity contribution in [2.24, 2.45) is 0 Å². The van der Waals surface area contributed by atoms with Gasteiger partial charge in [-0.05, 0) is 31.9 Å². The zero-order valence-electron chi connectivity index (χ0n) is 10.3. The zero-order chi connectivity index (χ0) is 13.2. The molecule has 1 aromatic rings. The summed E-state index contributed by atoms with van der Waals surface area (Å²) in [5.41, 5.74) is -0.908. The normalized spacial score (nSPS) is 19.3. The van der Waals surface area contributed by atoms with Crippen molar-refractivity contribution >= 4 is 21.4 Å². The van der Waals surface area contributed by atoms with Crippen LogP contribution >= 0.6 is 11.3 Å². The molecule has 0 radical (unpaired) electrons. The third-order valence-corrected chi connectivity index (χ3v) is 6.26. The summed E-state index contributed by atoms with van der Waals surface area (Å²) in [7, 11) is -3.56. The van der Waals surface area contributed by atoms with Crippen LogP contribution in [0.4, 0.5) is 0 Å². The molecule has 0 bridgehead atoms. The third-order valence-electron chi connectivity index (χ3n) is 3.23. The first-order valence-electron chi connectivity index (χ1n) is 5.99. The van der Waals surface area contributed by atoms with Crippen LogP contribution in [0.25, 0.3) is 0 Å². The number of rotatable bonds is 3. The topological polar surface area (TPSA) is 70.0 Å². The molecule has 0 amide bonds. The highest BCUT2D eigenvalue weighted by Crippen LogP contribution is 2.30. The molecule has 0 unspecified atom stereocenters. The molecule has 18 heavy (non-hydrogen) atoms. The molecule has 1 heterocycles. The van der Waals surface area contributed by atoms with Crippen molar-refractivity contribution in [1.29, 1.82) is 5.26 Å². The standard InChI is InChI=1S/C12H16N2O2S2/c1-10-5-6-11(17-10)18(15,16)14-12(9-13)7-3-2-4-8-12/h5-6,14H,2-4,7-8H2,1H3. The summed E-state index contributed by atoms with van der Waals surface area (Å²) in [6.07, 6.45) is 4.09. The maximum Gasteiger partial charge on any atom is 0.251 e. The Morgan fingerprint density at radius 1 is 1.33 bits per heavy atom. The lowest BCUT2D eigenvalue weighted by atomic mass is 9.84. The minimum absolute atomic E-state index is 0.292. The van der Waals surface area contributed by atoms with E-state index in [2.05, 4.69) is 10.8 Å². The molecule has 0 atom stereocenters. The molecule has 2 rings (SSSR count). The van der Waals surface area contributed by atoms with E-state index in [-0.39, 0.29) is 0 Å². The first kappa shape index (κ1) is 13.5. The quantitative estimate of drug-likeness (QED) is 0.927. The maximum atomic E-state index is 12.2. The van der Waals surface area contributed by atoms with Crippen LogP contribution in [0.15, 0.2) is 16.3 Å². The fourth-order valence-corrected chi connectivity index (χ4v) is 4.92. The van der Waals surface area contributed by atoms with Gasteiger partial charge in [-0.15, -0.1) is 11.3 Å². The van der Waals surface area contributed by atoms with Gasteiger partial charge in [0.1, 0.15) is 9.75 Å². The fraction of sp³-hybridized carbons (Fsp3) is 0.583. The summed E-state index contributed by atoms with van der Waals surface area (Å²) < 4.78 is 27.4. The Kier molecular flexibility index (Phi) is 3.76. The monoisotopic (exact) mass is 284 g/mol. The van der Waals surface area contributed by atoms with Gasteiger partial charge in [-0.25, -0.2) is 8.42 Å². The lowest BCUT2D eigenvalue weighted by molar-refractivity contribution is 0.338. The molecule has 6 heteroatoms. The van der Waals surface area contributed by atoms with Crippen LogP contribution in [-0.4, -0.2) is 14.0 Å². The van der Waals surface area contributed by atoms with Crippen LogP contribution in [0.2, 0.25) is 0 Å². The van der Waals surface area contributed by atoms with E-state index in [1.54, 1.807) is 12.1 Å². The second kappa shape index (κ2) is 5.00. The molecule has 1 fully saturated rings. The van der Waals surface area contributed by atoms with Gasteiger partial charge in [-0.3, -0.25) is 0 Å². The molecule has 98 valence electrons. The summed E-state index contributed by atoms with van der Waals surface area (Å²) in [6.45, 7) is 1.87. The Bertz CT molecular complexity index is 563. The number of nitrogens with zero attached hydrogens (tertiary/aromatic N) is 1. The van der Waals surface area contributed by atoms with Crippen molar-refractivity contribution in [3.05, 3.63) is 17.0 Å². The molecule has 1 saturated carbocycles. The van der Waals surface area contributed by atoms with Crippen LogP contribution in [0.3, 0.4) is 0 Å². The zero-order valence-corrected chi connectivity index (χ0v) is 11.9. The summed E-state index contributed by atoms with van der Waals surface area (Å²) in [5.74, 6) is 0. The van der Waals surface area contributed by atoms with Gasteiger partial charge in [0.05, 0.1) is 6.07 Å². The molecular formula is C12H16N2O2S2. The molecule has 0 spiro atoms. The van der Waals surface area contributed by atoms with Gasteiger partial charge in [0.2, 0.25) is 0 Å². The Balaban J connectivity index is 2.24. The number of nitriles is 1. The van der Waals surface area contributed by atoms with E-state index >= 15 is 0 Å². The first-order valence-corrected chi connectivity index (χ1v) is 8.29. The molecule has 1 aromatic heterocycles. The second-order valence-electron chi connectivity index (χ2n) is 4.73. The SMILES string of the molecule is Cc1ccc(S(=O)(=O)NC2(C#N)CCCCC2)s1. The molecular weight excluding hydrogens is 268 g/mol. The average molecular weight is 284 g/mol. The van der Waals surface area contributed by atoms with Gasteiger partial charge >= 0.3 is 0 Å². The van der Waals surface area contributed by atoms with Crippen LogP contribution in [-0.2, 0) is 10.0 Å². The van der Waals surface area contributed by atoms with E-state index in [9.17, 15) is 13.7 Å². The van der Waals surface area contributed by atoms with Crippen LogP contribution in [0, 0.1) is 18.3 Å². The molecule has 0 saturated heterocycles. The fourth-order valence-electron chi connectivity index (χ4n) is 2.26. The van der Waals surface area contributed by atoms with E-state index in [0.29, 0.717) is 17.1 Å². The Labute approximate surface area is 112 Å². The van der Waals surface area contributed by atoms with Gasteiger partial charge in [0.15, 0.2) is 0 Å². The summed E-state index contributed by atoms with van der Waals surface area (Å²) in [6, 6.07) is 5.53.